The van der Waals surface area contributed by atoms with Gasteiger partial charge in [0.25, 0.3) is 0 Å². The van der Waals surface area contributed by atoms with Crippen molar-refractivity contribution in [2.45, 2.75) is 45.1 Å². The molecule has 0 saturated carbocycles. The number of rotatable bonds is 6. The summed E-state index contributed by atoms with van der Waals surface area (Å²) in [6, 6.07) is 17.2. The van der Waals surface area contributed by atoms with Crippen LogP contribution in [0.5, 0.6) is 0 Å². The number of halogens is 1. The number of hydrogen-bond donors (Lipinski definition) is 0. The number of nitrogens with zero attached hydrogens (tertiary/aromatic N) is 1. The third kappa shape index (κ3) is 3.89. The third-order valence-electron chi connectivity index (χ3n) is 4.80. The number of anilines is 1. The van der Waals surface area contributed by atoms with Crippen LogP contribution in [0.4, 0.5) is 5.69 Å². The molecule has 1 aliphatic heterocycles. The number of hydrogen-bond acceptors (Lipinski definition) is 2. The molecule has 2 aromatic rings. The van der Waals surface area contributed by atoms with Crippen LogP contribution in [0.1, 0.15) is 49.8 Å². The largest absolute Gasteiger partial charge is 0.364 e. The Kier molecular flexibility index (Phi) is 5.72. The molecule has 0 bridgehead atoms. The van der Waals surface area contributed by atoms with Crippen LogP contribution in [0.25, 0.3) is 0 Å². The van der Waals surface area contributed by atoms with Gasteiger partial charge in [-0.3, -0.25) is 4.79 Å². The van der Waals surface area contributed by atoms with Crippen molar-refractivity contribution >= 4 is 27.4 Å². The molecule has 1 heterocycles. The van der Waals surface area contributed by atoms with Crippen molar-refractivity contribution in [3.05, 3.63) is 64.1 Å². The maximum atomic E-state index is 12.5. The highest BCUT2D eigenvalue weighted by atomic mass is 79.9. The van der Waals surface area contributed by atoms with Gasteiger partial charge in [-0.15, -0.1) is 0 Å². The lowest BCUT2D eigenvalue weighted by Crippen LogP contribution is -2.36. The number of Topliss-reactive ketones (excluding diaryl/α,β-unsaturated/α-hetero) is 1. The topological polar surface area (TPSA) is 20.3 Å². The minimum Gasteiger partial charge on any atom is -0.364 e. The summed E-state index contributed by atoms with van der Waals surface area (Å²) in [5.41, 5.74) is 3.90. The van der Waals surface area contributed by atoms with Crippen LogP contribution in [0, 0.1) is 0 Å². The van der Waals surface area contributed by atoms with Gasteiger partial charge in [-0.1, -0.05) is 53.5 Å². The Morgan fingerprint density at radius 3 is 2.67 bits per heavy atom. The average Bonchev–Trinajstić information content (AvgIpc) is 2.61. The van der Waals surface area contributed by atoms with Gasteiger partial charge in [-0.05, 0) is 48.2 Å². The van der Waals surface area contributed by atoms with Gasteiger partial charge in [0, 0.05) is 29.5 Å². The van der Waals surface area contributed by atoms with E-state index in [1.54, 1.807) is 0 Å². The zero-order valence-electron chi connectivity index (χ0n) is 14.2. The highest BCUT2D eigenvalue weighted by molar-refractivity contribution is 9.10. The number of ketones is 1. The van der Waals surface area contributed by atoms with E-state index in [9.17, 15) is 4.79 Å². The Labute approximate surface area is 153 Å². The first-order valence-electron chi connectivity index (χ1n) is 8.80. The molecule has 0 aromatic heterocycles. The Hall–Kier alpha value is -1.61. The predicted octanol–water partition coefficient (Wildman–Crippen LogP) is 5.70. The molecule has 0 saturated heterocycles. The van der Waals surface area contributed by atoms with Crippen molar-refractivity contribution < 1.29 is 4.79 Å². The van der Waals surface area contributed by atoms with E-state index in [1.165, 1.54) is 16.8 Å². The van der Waals surface area contributed by atoms with Gasteiger partial charge in [-0.2, -0.15) is 0 Å². The van der Waals surface area contributed by atoms with E-state index in [2.05, 4.69) is 76.3 Å². The van der Waals surface area contributed by atoms with Crippen LogP contribution in [-0.4, -0.2) is 12.3 Å². The van der Waals surface area contributed by atoms with Crippen molar-refractivity contribution in [2.24, 2.45) is 0 Å². The van der Waals surface area contributed by atoms with Crippen LogP contribution >= 0.6 is 15.9 Å². The molecular formula is C21H24BrNO. The molecule has 2 nitrogen and oxygen atoms in total. The number of carbonyl (C=O) groups is 1. The molecule has 1 atom stereocenters. The van der Waals surface area contributed by atoms with E-state index in [0.717, 1.165) is 30.3 Å². The van der Waals surface area contributed by atoms with E-state index >= 15 is 0 Å². The Bertz CT molecular complexity index is 695. The quantitative estimate of drug-likeness (QED) is 0.635. The summed E-state index contributed by atoms with van der Waals surface area (Å²) in [4.78, 5) is 14.9. The van der Waals surface area contributed by atoms with Gasteiger partial charge in [-0.25, -0.2) is 0 Å². The molecule has 3 heteroatoms. The van der Waals surface area contributed by atoms with Gasteiger partial charge in [0.2, 0.25) is 0 Å². The summed E-state index contributed by atoms with van der Waals surface area (Å²) in [5, 5.41) is 0. The summed E-state index contributed by atoms with van der Waals surface area (Å²) in [7, 11) is 0. The lowest BCUT2D eigenvalue weighted by Gasteiger charge is -2.39. The zero-order chi connectivity index (χ0) is 16.9. The minimum atomic E-state index is 0.153. The molecule has 0 amide bonds. The highest BCUT2D eigenvalue weighted by Gasteiger charge is 2.29. The molecule has 24 heavy (non-hydrogen) atoms. The summed E-state index contributed by atoms with van der Waals surface area (Å²) >= 11 is 3.51. The SMILES string of the molecule is CCCCC(=O)CC1c2ccccc2CCN1c1ccc(Br)cc1. The Balaban J connectivity index is 1.89. The highest BCUT2D eigenvalue weighted by Crippen LogP contribution is 2.36. The fourth-order valence-corrected chi connectivity index (χ4v) is 3.77. The van der Waals surface area contributed by atoms with Crippen molar-refractivity contribution in [3.8, 4) is 0 Å². The summed E-state index contributed by atoms with van der Waals surface area (Å²) in [6.45, 7) is 3.10. The van der Waals surface area contributed by atoms with Gasteiger partial charge in [0.15, 0.2) is 0 Å². The number of carbonyl (C=O) groups excluding carboxylic acids is 1. The fraction of sp³-hybridized carbons (Fsp3) is 0.381. The molecule has 126 valence electrons. The van der Waals surface area contributed by atoms with Crippen molar-refractivity contribution in [1.29, 1.82) is 0 Å². The molecule has 0 aliphatic carbocycles. The molecule has 0 spiro atoms. The lowest BCUT2D eigenvalue weighted by atomic mass is 9.88. The van der Waals surface area contributed by atoms with Crippen molar-refractivity contribution in [1.82, 2.24) is 0 Å². The normalized spacial score (nSPS) is 16.8. The Morgan fingerprint density at radius 1 is 1.17 bits per heavy atom. The lowest BCUT2D eigenvalue weighted by molar-refractivity contribution is -0.119. The number of fused-ring (bicyclic) bond motifs is 1. The molecule has 0 radical (unpaired) electrons. The Morgan fingerprint density at radius 2 is 1.92 bits per heavy atom. The van der Waals surface area contributed by atoms with Crippen LogP contribution < -0.4 is 4.90 Å². The van der Waals surface area contributed by atoms with Crippen LogP contribution in [0.2, 0.25) is 0 Å². The van der Waals surface area contributed by atoms with Crippen LogP contribution in [0.3, 0.4) is 0 Å². The fourth-order valence-electron chi connectivity index (χ4n) is 3.50. The second-order valence-corrected chi connectivity index (χ2v) is 7.40. The van der Waals surface area contributed by atoms with E-state index < -0.39 is 0 Å². The molecule has 1 unspecified atom stereocenters. The van der Waals surface area contributed by atoms with Crippen LogP contribution in [-0.2, 0) is 11.2 Å². The monoisotopic (exact) mass is 385 g/mol. The molecule has 2 aromatic carbocycles. The molecule has 1 aliphatic rings. The number of unbranched alkanes of at least 4 members (excludes halogenated alkanes) is 1. The molecule has 0 N–H and O–H groups in total. The second-order valence-electron chi connectivity index (χ2n) is 6.48. The van der Waals surface area contributed by atoms with Crippen LogP contribution in [0.15, 0.2) is 53.0 Å². The summed E-state index contributed by atoms with van der Waals surface area (Å²) < 4.78 is 1.08. The first kappa shape index (κ1) is 17.2. The van der Waals surface area contributed by atoms with Gasteiger partial charge < -0.3 is 4.90 Å². The third-order valence-corrected chi connectivity index (χ3v) is 5.33. The molecule has 3 rings (SSSR count). The second kappa shape index (κ2) is 7.98. The van der Waals surface area contributed by atoms with Crippen molar-refractivity contribution in [3.63, 3.8) is 0 Å². The first-order chi connectivity index (χ1) is 11.7. The maximum Gasteiger partial charge on any atom is 0.135 e. The van der Waals surface area contributed by atoms with Gasteiger partial charge in [0.05, 0.1) is 6.04 Å². The molecule has 0 fully saturated rings. The predicted molar refractivity (Wildman–Crippen MR) is 104 cm³/mol. The van der Waals surface area contributed by atoms with Gasteiger partial charge in [0.1, 0.15) is 5.78 Å². The van der Waals surface area contributed by atoms with E-state index in [-0.39, 0.29) is 6.04 Å². The summed E-state index contributed by atoms with van der Waals surface area (Å²) in [5.74, 6) is 0.376. The smallest absolute Gasteiger partial charge is 0.135 e. The van der Waals surface area contributed by atoms with Gasteiger partial charge >= 0.3 is 0 Å². The summed E-state index contributed by atoms with van der Waals surface area (Å²) in [6.07, 6.45) is 4.40. The van der Waals surface area contributed by atoms with E-state index in [1.807, 2.05) is 0 Å². The van der Waals surface area contributed by atoms with E-state index in [0.29, 0.717) is 18.6 Å². The average molecular weight is 386 g/mol. The van der Waals surface area contributed by atoms with E-state index in [4.69, 9.17) is 0 Å². The standard InChI is InChI=1S/C21H24BrNO/c1-2-3-7-19(24)15-21-20-8-5-4-6-16(20)13-14-23(21)18-11-9-17(22)10-12-18/h4-6,8-12,21H,2-3,7,13-15H2,1H3. The van der Waals surface area contributed by atoms with Crippen molar-refractivity contribution in [2.75, 3.05) is 11.4 Å². The first-order valence-corrected chi connectivity index (χ1v) is 9.60. The minimum absolute atomic E-state index is 0.153. The zero-order valence-corrected chi connectivity index (χ0v) is 15.8. The molecular weight excluding hydrogens is 362 g/mol. The maximum absolute atomic E-state index is 12.5. The number of benzene rings is 2.